The van der Waals surface area contributed by atoms with E-state index >= 15 is 0 Å². The molecule has 1 atom stereocenters. The van der Waals surface area contributed by atoms with Crippen LogP contribution in [0.2, 0.25) is 5.02 Å². The molecular formula is C18H20ClN3O4. The molecule has 8 heteroatoms. The fourth-order valence-corrected chi connectivity index (χ4v) is 2.34. The molecule has 2 aromatic carbocycles. The molecule has 1 unspecified atom stereocenters. The number of amides is 1. The second-order valence-electron chi connectivity index (χ2n) is 5.72. The average Bonchev–Trinajstić information content (AvgIpc) is 2.62. The van der Waals surface area contributed by atoms with Crippen molar-refractivity contribution in [1.82, 2.24) is 5.32 Å². The molecule has 0 fully saturated rings. The monoisotopic (exact) mass is 377 g/mol. The molecule has 26 heavy (non-hydrogen) atoms. The predicted octanol–water partition coefficient (Wildman–Crippen LogP) is 3.55. The molecule has 0 heterocycles. The van der Waals surface area contributed by atoms with Gasteiger partial charge in [0.25, 0.3) is 11.6 Å². The van der Waals surface area contributed by atoms with Gasteiger partial charge in [0.05, 0.1) is 9.95 Å². The van der Waals surface area contributed by atoms with Gasteiger partial charge in [0.2, 0.25) is 0 Å². The summed E-state index contributed by atoms with van der Waals surface area (Å²) < 4.78 is 5.61. The van der Waals surface area contributed by atoms with E-state index in [-0.39, 0.29) is 11.6 Å². The third-order valence-corrected chi connectivity index (χ3v) is 3.90. The molecule has 0 aromatic heterocycles. The van der Waals surface area contributed by atoms with Crippen LogP contribution in [0.3, 0.4) is 0 Å². The molecule has 2 rings (SSSR count). The summed E-state index contributed by atoms with van der Waals surface area (Å²) in [5.41, 5.74) is 1.76. The number of non-ortho nitro benzene ring substituents is 1. The van der Waals surface area contributed by atoms with E-state index in [1.807, 2.05) is 13.0 Å². The smallest absolute Gasteiger partial charge is 0.269 e. The lowest BCUT2D eigenvalue weighted by Gasteiger charge is -2.16. The first-order chi connectivity index (χ1) is 12.4. The average molecular weight is 378 g/mol. The Hall–Kier alpha value is -2.80. The van der Waals surface area contributed by atoms with Crippen LogP contribution in [0, 0.1) is 17.0 Å². The molecule has 2 aromatic rings. The molecule has 0 saturated carbocycles. The number of nitro benzene ring substituents is 1. The summed E-state index contributed by atoms with van der Waals surface area (Å²) in [6.07, 6.45) is -0.686. The van der Waals surface area contributed by atoms with Crippen LogP contribution in [0.5, 0.6) is 5.75 Å². The highest BCUT2D eigenvalue weighted by Gasteiger charge is 2.15. The van der Waals surface area contributed by atoms with Gasteiger partial charge in [0.15, 0.2) is 6.10 Å². The largest absolute Gasteiger partial charge is 0.479 e. The fraction of sp³-hybridized carbons (Fsp3) is 0.278. The van der Waals surface area contributed by atoms with Crippen molar-refractivity contribution < 1.29 is 14.5 Å². The number of anilines is 1. The number of carbonyl (C=O) groups is 1. The Morgan fingerprint density at radius 3 is 2.58 bits per heavy atom. The maximum Gasteiger partial charge on any atom is 0.269 e. The number of benzene rings is 2. The van der Waals surface area contributed by atoms with E-state index in [0.717, 1.165) is 11.3 Å². The number of hydrogen-bond donors (Lipinski definition) is 2. The zero-order chi connectivity index (χ0) is 19.1. The van der Waals surface area contributed by atoms with Crippen LogP contribution >= 0.6 is 11.6 Å². The summed E-state index contributed by atoms with van der Waals surface area (Å²) in [5.74, 6) is 0.214. The molecule has 0 aliphatic carbocycles. The van der Waals surface area contributed by atoms with Crippen molar-refractivity contribution in [2.45, 2.75) is 20.0 Å². The van der Waals surface area contributed by atoms with Crippen molar-refractivity contribution in [2.24, 2.45) is 0 Å². The molecule has 0 aliphatic heterocycles. The molecule has 0 spiro atoms. The summed E-state index contributed by atoms with van der Waals surface area (Å²) >= 11 is 6.06. The molecule has 0 radical (unpaired) electrons. The van der Waals surface area contributed by atoms with Crippen LogP contribution in [-0.2, 0) is 4.79 Å². The van der Waals surface area contributed by atoms with E-state index in [0.29, 0.717) is 23.9 Å². The summed E-state index contributed by atoms with van der Waals surface area (Å²) in [6, 6.07) is 11.4. The third-order valence-electron chi connectivity index (χ3n) is 3.59. The lowest BCUT2D eigenvalue weighted by Crippen LogP contribution is -2.38. The highest BCUT2D eigenvalue weighted by atomic mass is 35.5. The minimum Gasteiger partial charge on any atom is -0.479 e. The SMILES string of the molecule is Cc1ccc(Cl)c(OC(C)C(=O)NCCNc2ccc([N+](=O)[O-])cc2)c1. The van der Waals surface area contributed by atoms with Crippen LogP contribution in [-0.4, -0.2) is 30.0 Å². The highest BCUT2D eigenvalue weighted by molar-refractivity contribution is 6.32. The Labute approximate surface area is 156 Å². The van der Waals surface area contributed by atoms with Gasteiger partial charge in [-0.25, -0.2) is 0 Å². The van der Waals surface area contributed by atoms with Crippen LogP contribution in [0.4, 0.5) is 11.4 Å². The van der Waals surface area contributed by atoms with Crippen LogP contribution in [0.1, 0.15) is 12.5 Å². The number of aryl methyl sites for hydroxylation is 1. The molecule has 0 bridgehead atoms. The van der Waals surface area contributed by atoms with Crippen molar-refractivity contribution in [3.63, 3.8) is 0 Å². The fourth-order valence-electron chi connectivity index (χ4n) is 2.18. The third kappa shape index (κ3) is 5.63. The normalized spacial score (nSPS) is 11.5. The molecular weight excluding hydrogens is 358 g/mol. The Bertz CT molecular complexity index is 781. The molecule has 0 aliphatic rings. The van der Waals surface area contributed by atoms with Gasteiger partial charge in [0, 0.05) is 30.9 Å². The maximum absolute atomic E-state index is 12.1. The zero-order valence-corrected chi connectivity index (χ0v) is 15.2. The number of halogens is 1. The maximum atomic E-state index is 12.1. The van der Waals surface area contributed by atoms with Crippen molar-refractivity contribution in [3.05, 3.63) is 63.2 Å². The summed E-state index contributed by atoms with van der Waals surface area (Å²) in [6.45, 7) is 4.42. The minimum absolute atomic E-state index is 0.0321. The molecule has 1 amide bonds. The number of hydrogen-bond acceptors (Lipinski definition) is 5. The zero-order valence-electron chi connectivity index (χ0n) is 14.5. The van der Waals surface area contributed by atoms with Gasteiger partial charge in [-0.2, -0.15) is 0 Å². The van der Waals surface area contributed by atoms with E-state index in [2.05, 4.69) is 10.6 Å². The van der Waals surface area contributed by atoms with Crippen molar-refractivity contribution in [3.8, 4) is 5.75 Å². The Morgan fingerprint density at radius 2 is 1.92 bits per heavy atom. The summed E-state index contributed by atoms with van der Waals surface area (Å²) in [5, 5.41) is 16.9. The van der Waals surface area contributed by atoms with Gasteiger partial charge in [-0.15, -0.1) is 0 Å². The van der Waals surface area contributed by atoms with Gasteiger partial charge in [0.1, 0.15) is 5.75 Å². The highest BCUT2D eigenvalue weighted by Crippen LogP contribution is 2.26. The van der Waals surface area contributed by atoms with Crippen LogP contribution in [0.25, 0.3) is 0 Å². The molecule has 7 nitrogen and oxygen atoms in total. The first-order valence-corrected chi connectivity index (χ1v) is 8.43. The first kappa shape index (κ1) is 19.5. The molecule has 0 saturated heterocycles. The van der Waals surface area contributed by atoms with Gasteiger partial charge >= 0.3 is 0 Å². The number of nitro groups is 1. The van der Waals surface area contributed by atoms with Gasteiger partial charge in [-0.05, 0) is 43.7 Å². The lowest BCUT2D eigenvalue weighted by molar-refractivity contribution is -0.384. The number of nitrogens with one attached hydrogen (secondary N) is 2. The predicted molar refractivity (Wildman–Crippen MR) is 101 cm³/mol. The van der Waals surface area contributed by atoms with E-state index < -0.39 is 11.0 Å². The number of nitrogens with zero attached hydrogens (tertiary/aromatic N) is 1. The first-order valence-electron chi connectivity index (χ1n) is 8.05. The van der Waals surface area contributed by atoms with Gasteiger partial charge in [-0.3, -0.25) is 14.9 Å². The van der Waals surface area contributed by atoms with E-state index in [9.17, 15) is 14.9 Å². The van der Waals surface area contributed by atoms with Gasteiger partial charge in [-0.1, -0.05) is 17.7 Å². The summed E-state index contributed by atoms with van der Waals surface area (Å²) in [7, 11) is 0. The van der Waals surface area contributed by atoms with Crippen LogP contribution in [0.15, 0.2) is 42.5 Å². The Kier molecular flexibility index (Phi) is 6.80. The Balaban J connectivity index is 1.75. The molecule has 2 N–H and O–H groups in total. The van der Waals surface area contributed by atoms with Crippen molar-refractivity contribution in [2.75, 3.05) is 18.4 Å². The molecule has 138 valence electrons. The van der Waals surface area contributed by atoms with Crippen molar-refractivity contribution >= 4 is 28.9 Å². The van der Waals surface area contributed by atoms with E-state index in [1.165, 1.54) is 12.1 Å². The van der Waals surface area contributed by atoms with Crippen LogP contribution < -0.4 is 15.4 Å². The number of carbonyl (C=O) groups excluding carboxylic acids is 1. The summed E-state index contributed by atoms with van der Waals surface area (Å²) in [4.78, 5) is 22.2. The Morgan fingerprint density at radius 1 is 1.23 bits per heavy atom. The second-order valence-corrected chi connectivity index (χ2v) is 6.12. The standard InChI is InChI=1S/C18H20ClN3O4/c1-12-3-8-16(19)17(11-12)26-13(2)18(23)21-10-9-20-14-4-6-15(7-5-14)22(24)25/h3-8,11,13,20H,9-10H2,1-2H3,(H,21,23). The number of rotatable bonds is 8. The topological polar surface area (TPSA) is 93.5 Å². The second kappa shape index (κ2) is 9.05. The minimum atomic E-state index is -0.686. The van der Waals surface area contributed by atoms with E-state index in [1.54, 1.807) is 31.2 Å². The van der Waals surface area contributed by atoms with E-state index in [4.69, 9.17) is 16.3 Å². The van der Waals surface area contributed by atoms with Gasteiger partial charge < -0.3 is 15.4 Å². The lowest BCUT2D eigenvalue weighted by atomic mass is 10.2. The van der Waals surface area contributed by atoms with Crippen molar-refractivity contribution in [1.29, 1.82) is 0 Å². The quantitative estimate of drug-likeness (QED) is 0.417. The number of ether oxygens (including phenoxy) is 1.